The fourth-order valence-corrected chi connectivity index (χ4v) is 2.70. The fourth-order valence-electron chi connectivity index (χ4n) is 2.70. The Labute approximate surface area is 120 Å². The zero-order valence-electron chi connectivity index (χ0n) is 12.1. The molecule has 2 N–H and O–H groups in total. The van der Waals surface area contributed by atoms with Crippen molar-refractivity contribution in [1.82, 2.24) is 4.90 Å². The first-order chi connectivity index (χ1) is 9.58. The number of benzene rings is 1. The highest BCUT2D eigenvalue weighted by molar-refractivity contribution is 5.21. The van der Waals surface area contributed by atoms with E-state index >= 15 is 0 Å². The predicted molar refractivity (Wildman–Crippen MR) is 77.4 cm³/mol. The number of nitrogens with zero attached hydrogens (tertiary/aromatic N) is 1. The lowest BCUT2D eigenvalue weighted by Crippen LogP contribution is -2.34. The van der Waals surface area contributed by atoms with Crippen LogP contribution in [0, 0.1) is 17.6 Å². The summed E-state index contributed by atoms with van der Waals surface area (Å²) in [4.78, 5) is 2.39. The highest BCUT2D eigenvalue weighted by Gasteiger charge is 2.20. The van der Waals surface area contributed by atoms with Crippen LogP contribution in [0.25, 0.3) is 0 Å². The van der Waals surface area contributed by atoms with E-state index in [4.69, 9.17) is 5.73 Å². The molecule has 1 saturated carbocycles. The predicted octanol–water partition coefficient (Wildman–Crippen LogP) is 3.48. The molecule has 20 heavy (non-hydrogen) atoms. The molecule has 1 aromatic rings. The number of nitrogens with two attached hydrogens (primary N) is 1. The molecular formula is C16H24F2N2. The third-order valence-corrected chi connectivity index (χ3v) is 4.26. The number of hydrogen-bond acceptors (Lipinski definition) is 2. The van der Waals surface area contributed by atoms with E-state index in [1.54, 1.807) is 0 Å². The fraction of sp³-hybridized carbons (Fsp3) is 0.625. The van der Waals surface area contributed by atoms with Gasteiger partial charge in [0.1, 0.15) is 11.6 Å². The molecule has 2 nitrogen and oxygen atoms in total. The Morgan fingerprint density at radius 3 is 2.40 bits per heavy atom. The van der Waals surface area contributed by atoms with Crippen molar-refractivity contribution in [3.63, 3.8) is 0 Å². The standard InChI is InChI=1S/C16H24F2N2/c1-2-20(11-12-4-3-5-12)7-6-16(19)13-8-14(17)10-15(18)9-13/h8-10,12,16H,2-7,11,19H2,1H3. The maximum Gasteiger partial charge on any atom is 0.126 e. The highest BCUT2D eigenvalue weighted by Crippen LogP contribution is 2.27. The van der Waals surface area contributed by atoms with E-state index in [-0.39, 0.29) is 6.04 Å². The second kappa shape index (κ2) is 7.14. The van der Waals surface area contributed by atoms with Gasteiger partial charge in [0.2, 0.25) is 0 Å². The molecule has 0 spiro atoms. The Hall–Kier alpha value is -1.00. The molecule has 0 saturated heterocycles. The van der Waals surface area contributed by atoms with Crippen molar-refractivity contribution in [3.05, 3.63) is 35.4 Å². The van der Waals surface area contributed by atoms with Gasteiger partial charge in [-0.15, -0.1) is 0 Å². The van der Waals surface area contributed by atoms with E-state index in [1.807, 2.05) is 0 Å². The highest BCUT2D eigenvalue weighted by atomic mass is 19.1. The van der Waals surface area contributed by atoms with Gasteiger partial charge in [-0.2, -0.15) is 0 Å². The Morgan fingerprint density at radius 2 is 1.90 bits per heavy atom. The Morgan fingerprint density at radius 1 is 1.25 bits per heavy atom. The summed E-state index contributed by atoms with van der Waals surface area (Å²) in [5.74, 6) is -0.285. The molecule has 4 heteroatoms. The summed E-state index contributed by atoms with van der Waals surface area (Å²) in [6.45, 7) is 5.15. The molecule has 1 unspecified atom stereocenters. The minimum atomic E-state index is -0.558. The van der Waals surface area contributed by atoms with Gasteiger partial charge in [-0.1, -0.05) is 13.3 Å². The van der Waals surface area contributed by atoms with E-state index in [2.05, 4.69) is 11.8 Å². The third-order valence-electron chi connectivity index (χ3n) is 4.26. The Bertz CT molecular complexity index is 412. The second-order valence-corrected chi connectivity index (χ2v) is 5.79. The van der Waals surface area contributed by atoms with Crippen molar-refractivity contribution < 1.29 is 8.78 Å². The van der Waals surface area contributed by atoms with Gasteiger partial charge < -0.3 is 10.6 Å². The van der Waals surface area contributed by atoms with Crippen LogP contribution in [0.5, 0.6) is 0 Å². The van der Waals surface area contributed by atoms with Crippen LogP contribution < -0.4 is 5.73 Å². The first-order valence-electron chi connectivity index (χ1n) is 7.52. The summed E-state index contributed by atoms with van der Waals surface area (Å²) in [5.41, 5.74) is 6.60. The first-order valence-corrected chi connectivity index (χ1v) is 7.52. The van der Waals surface area contributed by atoms with Crippen LogP contribution >= 0.6 is 0 Å². The minimum Gasteiger partial charge on any atom is -0.324 e. The van der Waals surface area contributed by atoms with Gasteiger partial charge in [0.25, 0.3) is 0 Å². The SMILES string of the molecule is CCN(CCC(N)c1cc(F)cc(F)c1)CC1CCC1. The maximum absolute atomic E-state index is 13.2. The quantitative estimate of drug-likeness (QED) is 0.829. The average Bonchev–Trinajstić information content (AvgIpc) is 2.35. The first kappa shape index (κ1) is 15.4. The van der Waals surface area contributed by atoms with Gasteiger partial charge in [0.05, 0.1) is 0 Å². The lowest BCUT2D eigenvalue weighted by molar-refractivity contribution is 0.180. The smallest absolute Gasteiger partial charge is 0.126 e. The van der Waals surface area contributed by atoms with Crippen molar-refractivity contribution >= 4 is 0 Å². The van der Waals surface area contributed by atoms with Gasteiger partial charge in [-0.3, -0.25) is 0 Å². The largest absolute Gasteiger partial charge is 0.324 e. The van der Waals surface area contributed by atoms with Crippen molar-refractivity contribution in [3.8, 4) is 0 Å². The van der Waals surface area contributed by atoms with E-state index in [0.29, 0.717) is 5.56 Å². The molecule has 0 aromatic heterocycles. The molecule has 1 fully saturated rings. The van der Waals surface area contributed by atoms with Gasteiger partial charge in [-0.05, 0) is 56.0 Å². The Kier molecular flexibility index (Phi) is 5.49. The normalized spacial score (nSPS) is 17.2. The molecule has 0 bridgehead atoms. The van der Waals surface area contributed by atoms with E-state index in [0.717, 1.165) is 38.0 Å². The lowest BCUT2D eigenvalue weighted by atomic mass is 9.85. The summed E-state index contributed by atoms with van der Waals surface area (Å²) >= 11 is 0. The van der Waals surface area contributed by atoms with Crippen molar-refractivity contribution in [2.24, 2.45) is 11.7 Å². The molecule has 0 radical (unpaired) electrons. The summed E-state index contributed by atoms with van der Waals surface area (Å²) in [7, 11) is 0. The topological polar surface area (TPSA) is 29.3 Å². The summed E-state index contributed by atoms with van der Waals surface area (Å²) in [6.07, 6.45) is 4.74. The van der Waals surface area contributed by atoms with Gasteiger partial charge in [-0.25, -0.2) is 8.78 Å². The zero-order chi connectivity index (χ0) is 14.5. The second-order valence-electron chi connectivity index (χ2n) is 5.79. The van der Waals surface area contributed by atoms with Gasteiger partial charge in [0.15, 0.2) is 0 Å². The van der Waals surface area contributed by atoms with Crippen molar-refractivity contribution in [1.29, 1.82) is 0 Å². The molecule has 0 heterocycles. The molecule has 112 valence electrons. The molecule has 1 aliphatic carbocycles. The molecule has 1 aromatic carbocycles. The molecule has 0 aliphatic heterocycles. The monoisotopic (exact) mass is 282 g/mol. The maximum atomic E-state index is 13.2. The number of rotatable bonds is 7. The van der Waals surface area contributed by atoms with Gasteiger partial charge in [0, 0.05) is 18.7 Å². The summed E-state index contributed by atoms with van der Waals surface area (Å²) < 4.78 is 26.3. The van der Waals surface area contributed by atoms with Crippen molar-refractivity contribution in [2.75, 3.05) is 19.6 Å². The average molecular weight is 282 g/mol. The van der Waals surface area contributed by atoms with Crippen LogP contribution in [0.1, 0.15) is 44.2 Å². The molecule has 0 amide bonds. The van der Waals surface area contributed by atoms with E-state index in [1.165, 1.54) is 31.4 Å². The number of halogens is 2. The van der Waals surface area contributed by atoms with Crippen molar-refractivity contribution in [2.45, 2.75) is 38.6 Å². The minimum absolute atomic E-state index is 0.310. The van der Waals surface area contributed by atoms with Crippen LogP contribution in [0.3, 0.4) is 0 Å². The lowest BCUT2D eigenvalue weighted by Gasteiger charge is -2.32. The van der Waals surface area contributed by atoms with Crippen LogP contribution in [0.4, 0.5) is 8.78 Å². The van der Waals surface area contributed by atoms with E-state index in [9.17, 15) is 8.78 Å². The van der Waals surface area contributed by atoms with Gasteiger partial charge >= 0.3 is 0 Å². The van der Waals surface area contributed by atoms with Crippen LogP contribution in [-0.2, 0) is 0 Å². The number of hydrogen-bond donors (Lipinski definition) is 1. The molecular weight excluding hydrogens is 258 g/mol. The zero-order valence-corrected chi connectivity index (χ0v) is 12.1. The molecule has 2 rings (SSSR count). The molecule has 1 atom stereocenters. The summed E-state index contributed by atoms with van der Waals surface area (Å²) in [5, 5.41) is 0. The molecule has 1 aliphatic rings. The Balaban J connectivity index is 1.84. The van der Waals surface area contributed by atoms with Crippen LogP contribution in [-0.4, -0.2) is 24.5 Å². The third kappa shape index (κ3) is 4.25. The summed E-state index contributed by atoms with van der Waals surface area (Å²) in [6, 6.07) is 3.23. The van der Waals surface area contributed by atoms with E-state index < -0.39 is 11.6 Å². The van der Waals surface area contributed by atoms with Crippen LogP contribution in [0.15, 0.2) is 18.2 Å². The van der Waals surface area contributed by atoms with Crippen LogP contribution in [0.2, 0.25) is 0 Å².